The van der Waals surface area contributed by atoms with Crippen molar-refractivity contribution in [1.82, 2.24) is 15.1 Å². The van der Waals surface area contributed by atoms with Gasteiger partial charge < -0.3 is 24.8 Å². The molecule has 0 radical (unpaired) electrons. The van der Waals surface area contributed by atoms with Crippen molar-refractivity contribution in [2.75, 3.05) is 58.3 Å². The van der Waals surface area contributed by atoms with E-state index < -0.39 is 6.10 Å². The Kier molecular flexibility index (Phi) is 9.91. The van der Waals surface area contributed by atoms with E-state index >= 15 is 0 Å². The van der Waals surface area contributed by atoms with Gasteiger partial charge in [-0.2, -0.15) is 0 Å². The average molecular weight is 555 g/mol. The number of ether oxygens (including phenoxy) is 1. The van der Waals surface area contributed by atoms with Gasteiger partial charge in [0.25, 0.3) is 5.91 Å². The molecule has 7 nitrogen and oxygen atoms in total. The van der Waals surface area contributed by atoms with Crippen LogP contribution in [0, 0.1) is 12.8 Å². The second kappa shape index (κ2) is 13.2. The summed E-state index contributed by atoms with van der Waals surface area (Å²) in [6, 6.07) is 14.2. The van der Waals surface area contributed by atoms with Crippen LogP contribution in [0.5, 0.6) is 0 Å². The molecule has 2 saturated heterocycles. The smallest absolute Gasteiger partial charge is 0.252 e. The van der Waals surface area contributed by atoms with Gasteiger partial charge in [-0.15, -0.1) is 0 Å². The molecule has 39 heavy (non-hydrogen) atoms. The van der Waals surface area contributed by atoms with Crippen LogP contribution in [0.1, 0.15) is 55.3 Å². The predicted molar refractivity (Wildman–Crippen MR) is 157 cm³/mol. The van der Waals surface area contributed by atoms with Crippen molar-refractivity contribution in [3.05, 3.63) is 64.2 Å². The first kappa shape index (κ1) is 29.4. The highest BCUT2D eigenvalue weighted by Gasteiger charge is 2.38. The van der Waals surface area contributed by atoms with E-state index in [0.29, 0.717) is 31.1 Å². The zero-order valence-electron chi connectivity index (χ0n) is 24.0. The Labute approximate surface area is 238 Å². The summed E-state index contributed by atoms with van der Waals surface area (Å²) in [6.07, 6.45) is 0.857. The van der Waals surface area contributed by atoms with Crippen LogP contribution in [0.15, 0.2) is 42.5 Å². The minimum absolute atomic E-state index is 0.0550. The lowest BCUT2D eigenvalue weighted by atomic mass is 9.91. The van der Waals surface area contributed by atoms with Crippen LogP contribution < -0.4 is 10.2 Å². The Morgan fingerprint density at radius 3 is 2.41 bits per heavy atom. The van der Waals surface area contributed by atoms with Crippen molar-refractivity contribution in [3.63, 3.8) is 0 Å². The summed E-state index contributed by atoms with van der Waals surface area (Å²) in [5.74, 6) is 0.432. The van der Waals surface area contributed by atoms with Crippen LogP contribution >= 0.6 is 11.6 Å². The number of nitrogens with zero attached hydrogens (tertiary/aromatic N) is 3. The van der Waals surface area contributed by atoms with Gasteiger partial charge in [-0.25, -0.2) is 0 Å². The summed E-state index contributed by atoms with van der Waals surface area (Å²) in [4.78, 5) is 32.7. The minimum atomic E-state index is -0.449. The van der Waals surface area contributed by atoms with Crippen LogP contribution in [0.25, 0.3) is 0 Å². The second-order valence-electron chi connectivity index (χ2n) is 11.5. The number of piperazine rings is 1. The lowest BCUT2D eigenvalue weighted by Crippen LogP contribution is -2.52. The third-order valence-electron chi connectivity index (χ3n) is 7.85. The first-order chi connectivity index (χ1) is 18.6. The molecule has 2 heterocycles. The Morgan fingerprint density at radius 2 is 1.77 bits per heavy atom. The quantitative estimate of drug-likeness (QED) is 0.489. The molecule has 212 valence electrons. The van der Waals surface area contributed by atoms with Gasteiger partial charge in [0.1, 0.15) is 6.10 Å². The van der Waals surface area contributed by atoms with Gasteiger partial charge in [0, 0.05) is 62.4 Å². The summed E-state index contributed by atoms with van der Waals surface area (Å²) in [5, 5.41) is 4.00. The lowest BCUT2D eigenvalue weighted by molar-refractivity contribution is -0.141. The zero-order valence-corrected chi connectivity index (χ0v) is 24.7. The lowest BCUT2D eigenvalue weighted by Gasteiger charge is -2.39. The molecular formula is C31H43ClN4O3. The fourth-order valence-electron chi connectivity index (χ4n) is 5.62. The maximum absolute atomic E-state index is 13.5. The molecule has 2 aliphatic heterocycles. The maximum Gasteiger partial charge on any atom is 0.252 e. The largest absolute Gasteiger partial charge is 0.368 e. The van der Waals surface area contributed by atoms with Crippen molar-refractivity contribution in [2.24, 2.45) is 5.92 Å². The Hall–Kier alpha value is -2.61. The van der Waals surface area contributed by atoms with Crippen LogP contribution in [0.3, 0.4) is 0 Å². The molecule has 1 N–H and O–H groups in total. The highest BCUT2D eigenvalue weighted by Crippen LogP contribution is 2.35. The van der Waals surface area contributed by atoms with Crippen molar-refractivity contribution in [3.8, 4) is 0 Å². The monoisotopic (exact) mass is 554 g/mol. The highest BCUT2D eigenvalue weighted by atomic mass is 35.5. The molecular weight excluding hydrogens is 512 g/mol. The zero-order chi connectivity index (χ0) is 28.1. The van der Waals surface area contributed by atoms with Crippen LogP contribution in [-0.4, -0.2) is 81.1 Å². The molecule has 0 aliphatic carbocycles. The van der Waals surface area contributed by atoms with E-state index in [2.05, 4.69) is 49.2 Å². The number of hydrogen-bond acceptors (Lipinski definition) is 5. The predicted octanol–water partition coefficient (Wildman–Crippen LogP) is 4.63. The molecule has 2 amide bonds. The molecule has 0 spiro atoms. The average Bonchev–Trinajstić information content (AvgIpc) is 3.40. The molecule has 0 bridgehead atoms. The molecule has 0 aromatic heterocycles. The fourth-order valence-corrected chi connectivity index (χ4v) is 5.74. The van der Waals surface area contributed by atoms with Crippen molar-refractivity contribution in [2.45, 2.75) is 51.7 Å². The van der Waals surface area contributed by atoms with Crippen molar-refractivity contribution in [1.29, 1.82) is 0 Å². The van der Waals surface area contributed by atoms with Gasteiger partial charge in [0.05, 0.1) is 6.04 Å². The number of aryl methyl sites for hydroxylation is 1. The van der Waals surface area contributed by atoms with Crippen LogP contribution in [0.2, 0.25) is 5.02 Å². The number of amides is 2. The number of carbonyl (C=O) groups is 2. The topological polar surface area (TPSA) is 65.1 Å². The van der Waals surface area contributed by atoms with Gasteiger partial charge in [0.2, 0.25) is 5.91 Å². The maximum atomic E-state index is 13.5. The van der Waals surface area contributed by atoms with Gasteiger partial charge in [-0.05, 0) is 62.7 Å². The van der Waals surface area contributed by atoms with E-state index in [1.54, 1.807) is 0 Å². The Morgan fingerprint density at radius 1 is 1.08 bits per heavy atom. The Balaban J connectivity index is 1.45. The molecule has 2 aromatic rings. The summed E-state index contributed by atoms with van der Waals surface area (Å²) < 4.78 is 5.96. The van der Waals surface area contributed by atoms with E-state index in [-0.39, 0.29) is 29.7 Å². The highest BCUT2D eigenvalue weighted by molar-refractivity contribution is 6.30. The van der Waals surface area contributed by atoms with E-state index in [4.69, 9.17) is 16.3 Å². The molecule has 0 saturated carbocycles. The van der Waals surface area contributed by atoms with Gasteiger partial charge in [-0.3, -0.25) is 9.59 Å². The third kappa shape index (κ3) is 7.33. The molecule has 3 atom stereocenters. The van der Waals surface area contributed by atoms with E-state index in [1.807, 2.05) is 48.2 Å². The number of hydrogen-bond donors (Lipinski definition) is 1. The molecule has 8 heteroatoms. The van der Waals surface area contributed by atoms with Crippen LogP contribution in [0.4, 0.5) is 5.69 Å². The Bertz CT molecular complexity index is 1130. The first-order valence-corrected chi connectivity index (χ1v) is 14.5. The van der Waals surface area contributed by atoms with E-state index in [9.17, 15) is 9.59 Å². The summed E-state index contributed by atoms with van der Waals surface area (Å²) in [7, 11) is 3.96. The molecule has 2 aromatic carbocycles. The number of anilines is 1. The fraction of sp³-hybridized carbons (Fsp3) is 0.548. The van der Waals surface area contributed by atoms with Gasteiger partial charge >= 0.3 is 0 Å². The summed E-state index contributed by atoms with van der Waals surface area (Å²) in [5.41, 5.74) is 4.55. The first-order valence-electron chi connectivity index (χ1n) is 14.1. The second-order valence-corrected chi connectivity index (χ2v) is 11.9. The van der Waals surface area contributed by atoms with E-state index in [0.717, 1.165) is 42.9 Å². The number of benzene rings is 2. The van der Waals surface area contributed by atoms with Gasteiger partial charge in [0.15, 0.2) is 0 Å². The van der Waals surface area contributed by atoms with Gasteiger partial charge in [-0.1, -0.05) is 55.3 Å². The van der Waals surface area contributed by atoms with Crippen molar-refractivity contribution >= 4 is 29.1 Å². The molecule has 2 fully saturated rings. The molecule has 2 aliphatic rings. The SMILES string of the molecule is Cc1ccc(N2CCN(C(=O)[C@@H]3OCC[C@@H]3c3ccc(Cl)cc3)CC2)c([C@@H](NC(=O)CCN(C)C)C(C)C)c1. The molecule has 4 rings (SSSR count). The molecule has 0 unspecified atom stereocenters. The standard InChI is InChI=1S/C31H43ClN4O3/c1-21(2)29(33-28(37)12-14-34(4)5)26-20-22(3)6-11-27(26)35-15-17-36(18-16-35)31(38)30-25(13-19-39-30)23-7-9-24(32)10-8-23/h6-11,20-21,25,29-30H,12-19H2,1-5H3,(H,33,37)/t25-,29+,30-/m1/s1. The number of rotatable bonds is 9. The summed E-state index contributed by atoms with van der Waals surface area (Å²) >= 11 is 6.08. The van der Waals surface area contributed by atoms with Crippen molar-refractivity contribution < 1.29 is 14.3 Å². The minimum Gasteiger partial charge on any atom is -0.368 e. The number of carbonyl (C=O) groups excluding carboxylic acids is 2. The number of nitrogens with one attached hydrogen (secondary N) is 1. The van der Waals surface area contributed by atoms with E-state index in [1.165, 1.54) is 5.56 Å². The normalized spacial score (nSPS) is 20.5. The van der Waals surface area contributed by atoms with Crippen LogP contribution in [-0.2, 0) is 14.3 Å². The summed E-state index contributed by atoms with van der Waals surface area (Å²) in [6.45, 7) is 10.5. The third-order valence-corrected chi connectivity index (χ3v) is 8.10. The number of halogens is 1.